The number of nitrogens with zero attached hydrogens (tertiary/aromatic N) is 2. The molecule has 0 saturated carbocycles. The first-order valence-corrected chi connectivity index (χ1v) is 12.8. The number of carbonyl (C=O) groups excluding carboxylic acids is 1. The van der Waals surface area contributed by atoms with Crippen molar-refractivity contribution in [2.45, 2.75) is 78.1 Å². The molecule has 1 aliphatic carbocycles. The van der Waals surface area contributed by atoms with Crippen molar-refractivity contribution in [1.82, 2.24) is 0 Å². The van der Waals surface area contributed by atoms with Crippen molar-refractivity contribution in [2.24, 2.45) is 0 Å². The summed E-state index contributed by atoms with van der Waals surface area (Å²) >= 11 is 0. The van der Waals surface area contributed by atoms with Crippen LogP contribution in [-0.4, -0.2) is 35.3 Å². The Morgan fingerprint density at radius 2 is 1.86 bits per heavy atom. The molecule has 0 spiro atoms. The number of aliphatic hydroxyl groups excluding tert-OH is 1. The molecule has 0 atom stereocenters. The van der Waals surface area contributed by atoms with Gasteiger partial charge in [-0.25, -0.2) is 9.59 Å². The first kappa shape index (κ1) is 27.1. The number of aliphatic hydroxyl groups is 1. The molecule has 3 rings (SSSR count). The van der Waals surface area contributed by atoms with Crippen molar-refractivity contribution >= 4 is 17.6 Å². The van der Waals surface area contributed by atoms with Crippen LogP contribution in [0, 0.1) is 11.3 Å². The van der Waals surface area contributed by atoms with Crippen LogP contribution in [0.3, 0.4) is 0 Å². The molecule has 0 amide bonds. The molecule has 1 heterocycles. The molecule has 2 N–H and O–H groups in total. The Morgan fingerprint density at radius 3 is 2.47 bits per heavy atom. The van der Waals surface area contributed by atoms with E-state index in [-0.39, 0.29) is 29.9 Å². The minimum absolute atomic E-state index is 0.0922. The number of fused-ring (bicyclic) bond motifs is 1. The lowest BCUT2D eigenvalue weighted by molar-refractivity contribution is -0.138. The summed E-state index contributed by atoms with van der Waals surface area (Å²) in [7, 11) is 0. The van der Waals surface area contributed by atoms with Gasteiger partial charge in [0.2, 0.25) is 0 Å². The molecule has 1 aliphatic heterocycles. The van der Waals surface area contributed by atoms with Gasteiger partial charge in [-0.1, -0.05) is 52.9 Å². The van der Waals surface area contributed by atoms with E-state index in [1.165, 1.54) is 25.7 Å². The van der Waals surface area contributed by atoms with Gasteiger partial charge in [0, 0.05) is 35.3 Å². The number of aromatic carboxylic acids is 1. The Kier molecular flexibility index (Phi) is 8.62. The average Bonchev–Trinajstić information content (AvgIpc) is 3.05. The second-order valence-electron chi connectivity index (χ2n) is 9.83. The zero-order valence-electron chi connectivity index (χ0n) is 21.7. The van der Waals surface area contributed by atoms with Gasteiger partial charge in [0.05, 0.1) is 12.2 Å². The largest absolute Gasteiger partial charge is 0.511 e. The van der Waals surface area contributed by atoms with Crippen molar-refractivity contribution in [3.63, 3.8) is 0 Å². The van der Waals surface area contributed by atoms with Gasteiger partial charge in [-0.2, -0.15) is 5.26 Å². The number of carboxylic acid groups (broad SMARTS) is 1. The van der Waals surface area contributed by atoms with Gasteiger partial charge >= 0.3 is 11.9 Å². The topological polar surface area (TPSA) is 111 Å². The molecule has 1 aromatic rings. The number of hydrogen-bond acceptors (Lipinski definition) is 6. The monoisotopic (exact) mass is 492 g/mol. The predicted molar refractivity (Wildman–Crippen MR) is 139 cm³/mol. The lowest BCUT2D eigenvalue weighted by atomic mass is 9.79. The third kappa shape index (κ3) is 5.33. The summed E-state index contributed by atoms with van der Waals surface area (Å²) in [6.45, 7) is 8.83. The summed E-state index contributed by atoms with van der Waals surface area (Å²) in [5.41, 5.74) is 3.26. The second kappa shape index (κ2) is 11.5. The van der Waals surface area contributed by atoms with Gasteiger partial charge in [-0.3, -0.25) is 0 Å². The SMILES string of the molecule is CCCCCCCCN1/C(=C/C2=C(O)CC2=C(C#N)C(=O)OCC)C(C)(C)c2cc(C(=O)O)ccc21. The third-order valence-corrected chi connectivity index (χ3v) is 7.03. The molecule has 0 saturated heterocycles. The van der Waals surface area contributed by atoms with Crippen molar-refractivity contribution in [2.75, 3.05) is 18.1 Å². The fourth-order valence-corrected chi connectivity index (χ4v) is 4.95. The number of carboxylic acids is 1. The molecule has 0 unspecified atom stereocenters. The minimum Gasteiger partial charge on any atom is -0.511 e. The lowest BCUT2D eigenvalue weighted by Crippen LogP contribution is -2.28. The van der Waals surface area contributed by atoms with E-state index in [1.807, 2.05) is 32.1 Å². The number of carbonyl (C=O) groups is 2. The molecule has 7 heteroatoms. The standard InChI is InChI=1S/C29H36N2O5/c1-5-7-8-9-10-11-14-31-24-13-12-19(27(33)34)15-23(24)29(3,4)26(31)17-21-20(16-25(21)32)22(18-30)28(35)36-6-2/h12-13,15,17,32H,5-11,14,16H2,1-4H3,(H,33,34)/b22-20?,26-17+. The highest BCUT2D eigenvalue weighted by molar-refractivity contribution is 5.96. The number of unbranched alkanes of at least 4 members (excludes halogenated alkanes) is 5. The Bertz CT molecular complexity index is 1170. The van der Waals surface area contributed by atoms with Crippen molar-refractivity contribution in [1.29, 1.82) is 5.26 Å². The van der Waals surface area contributed by atoms with E-state index in [4.69, 9.17) is 4.74 Å². The van der Waals surface area contributed by atoms with E-state index in [2.05, 4.69) is 11.8 Å². The number of allylic oxidation sites excluding steroid dienone is 4. The summed E-state index contributed by atoms with van der Waals surface area (Å²) in [5.74, 6) is -1.55. The fraction of sp³-hybridized carbons (Fsp3) is 0.483. The van der Waals surface area contributed by atoms with Gasteiger partial charge in [0.1, 0.15) is 17.4 Å². The Hall–Kier alpha value is -3.53. The minimum atomic E-state index is -0.980. The molecule has 2 aliphatic rings. The molecular formula is C29H36N2O5. The van der Waals surface area contributed by atoms with E-state index in [9.17, 15) is 25.1 Å². The first-order chi connectivity index (χ1) is 17.2. The van der Waals surface area contributed by atoms with Crippen LogP contribution in [0.5, 0.6) is 0 Å². The van der Waals surface area contributed by atoms with Gasteiger partial charge in [0.15, 0.2) is 0 Å². The number of nitriles is 1. The fourth-order valence-electron chi connectivity index (χ4n) is 4.95. The number of anilines is 1. The molecule has 0 radical (unpaired) electrons. The van der Waals surface area contributed by atoms with Crippen LogP contribution in [0.4, 0.5) is 5.69 Å². The summed E-state index contributed by atoms with van der Waals surface area (Å²) in [5, 5.41) is 29.7. The summed E-state index contributed by atoms with van der Waals surface area (Å²) in [4.78, 5) is 26.2. The number of ether oxygens (including phenoxy) is 1. The number of hydrogen-bond donors (Lipinski definition) is 2. The quantitative estimate of drug-likeness (QED) is 0.161. The molecule has 0 bridgehead atoms. The molecule has 1 aromatic carbocycles. The summed E-state index contributed by atoms with van der Waals surface area (Å²) in [6.07, 6.45) is 8.84. The van der Waals surface area contributed by atoms with Crippen molar-refractivity contribution in [3.05, 3.63) is 63.6 Å². The van der Waals surface area contributed by atoms with Crippen LogP contribution in [0.15, 0.2) is 52.5 Å². The summed E-state index contributed by atoms with van der Waals surface area (Å²) < 4.78 is 5.04. The van der Waals surface area contributed by atoms with E-state index >= 15 is 0 Å². The predicted octanol–water partition coefficient (Wildman–Crippen LogP) is 6.33. The summed E-state index contributed by atoms with van der Waals surface area (Å²) in [6, 6.07) is 7.13. The van der Waals surface area contributed by atoms with Crippen molar-refractivity contribution in [3.8, 4) is 6.07 Å². The van der Waals surface area contributed by atoms with Crippen LogP contribution < -0.4 is 4.90 Å². The van der Waals surface area contributed by atoms with E-state index in [0.717, 1.165) is 36.3 Å². The van der Waals surface area contributed by atoms with E-state index in [0.29, 0.717) is 11.1 Å². The van der Waals surface area contributed by atoms with Crippen LogP contribution in [0.2, 0.25) is 0 Å². The van der Waals surface area contributed by atoms with E-state index < -0.39 is 17.4 Å². The van der Waals surface area contributed by atoms with Gasteiger partial charge in [-0.15, -0.1) is 0 Å². The van der Waals surface area contributed by atoms with Crippen LogP contribution in [-0.2, 0) is 14.9 Å². The highest BCUT2D eigenvalue weighted by Gasteiger charge is 2.41. The van der Waals surface area contributed by atoms with Crippen molar-refractivity contribution < 1.29 is 24.5 Å². The first-order valence-electron chi connectivity index (χ1n) is 12.8. The van der Waals surface area contributed by atoms with Crippen LogP contribution >= 0.6 is 0 Å². The van der Waals surface area contributed by atoms with E-state index in [1.54, 1.807) is 19.1 Å². The maximum Gasteiger partial charge on any atom is 0.349 e. The molecule has 0 aromatic heterocycles. The zero-order chi connectivity index (χ0) is 26.5. The molecule has 0 fully saturated rings. The van der Waals surface area contributed by atoms with Gasteiger partial charge < -0.3 is 19.8 Å². The van der Waals surface area contributed by atoms with Crippen LogP contribution in [0.1, 0.15) is 88.6 Å². The molecule has 192 valence electrons. The third-order valence-electron chi connectivity index (χ3n) is 7.03. The smallest absolute Gasteiger partial charge is 0.349 e. The van der Waals surface area contributed by atoms with Gasteiger partial charge in [0.25, 0.3) is 0 Å². The Morgan fingerprint density at radius 1 is 1.17 bits per heavy atom. The number of rotatable bonds is 11. The molecular weight excluding hydrogens is 456 g/mol. The normalized spacial score (nSPS) is 18.5. The Balaban J connectivity index is 2.02. The average molecular weight is 493 g/mol. The maximum atomic E-state index is 12.3. The van der Waals surface area contributed by atoms with Gasteiger partial charge in [-0.05, 0) is 48.8 Å². The molecule has 36 heavy (non-hydrogen) atoms. The molecule has 7 nitrogen and oxygen atoms in total. The Labute approximate surface area is 213 Å². The maximum absolute atomic E-state index is 12.3. The zero-order valence-corrected chi connectivity index (χ0v) is 21.7. The number of esters is 1. The lowest BCUT2D eigenvalue weighted by Gasteiger charge is -2.30. The highest BCUT2D eigenvalue weighted by atomic mass is 16.5. The van der Waals surface area contributed by atoms with Crippen LogP contribution in [0.25, 0.3) is 0 Å². The number of benzene rings is 1. The highest BCUT2D eigenvalue weighted by Crippen LogP contribution is 2.50. The second-order valence-corrected chi connectivity index (χ2v) is 9.83.